The molecule has 0 aliphatic rings. The molecule has 8 rings (SSSR count). The van der Waals surface area contributed by atoms with Gasteiger partial charge in [0.2, 0.25) is 0 Å². The molecule has 3 aromatic heterocycles. The molecule has 0 amide bonds. The van der Waals surface area contributed by atoms with E-state index in [9.17, 15) is 4.39 Å². The number of nitrogens with zero attached hydrogens (tertiary/aromatic N) is 2. The van der Waals surface area contributed by atoms with Crippen LogP contribution in [-0.2, 0) is 26.5 Å². The number of fused-ring (bicyclic) bond motifs is 3. The number of halogens is 1. The van der Waals surface area contributed by atoms with Crippen molar-refractivity contribution in [3.63, 3.8) is 0 Å². The zero-order valence-corrected chi connectivity index (χ0v) is 34.1. The van der Waals surface area contributed by atoms with Crippen LogP contribution in [0.2, 0.25) is 17.3 Å². The maximum absolute atomic E-state index is 13.4. The molecular formula is C45H37FGeIrN2S-2. The SMILES string of the molecule is Cc1cc(-c2[c-]cccc2)nc[c]1[Ge]([CH3])([CH3])[CH3].[2H]C([2H])(c1ccc(F)cc1)c1ccnc(-c2[c-]cc(-c3ccccc3)c3c2sc2ccccc23)c1.[Ir]. The second-order valence-corrected chi connectivity index (χ2v) is 24.8. The molecule has 0 N–H and O–H groups in total. The molecule has 8 aromatic rings. The fourth-order valence-electron chi connectivity index (χ4n) is 6.19. The summed E-state index contributed by atoms with van der Waals surface area (Å²) in [7, 11) is 0. The number of rotatable bonds is 6. The van der Waals surface area contributed by atoms with Crippen molar-refractivity contribution in [2.45, 2.75) is 30.6 Å². The summed E-state index contributed by atoms with van der Waals surface area (Å²) < 4.78 is 34.6. The summed E-state index contributed by atoms with van der Waals surface area (Å²) in [6, 6.07) is 46.5. The number of aryl methyl sites for hydroxylation is 1. The average Bonchev–Trinajstić information content (AvgIpc) is 3.55. The van der Waals surface area contributed by atoms with Crippen LogP contribution in [0.25, 0.3) is 53.8 Å². The summed E-state index contributed by atoms with van der Waals surface area (Å²) in [5, 5.41) is 2.33. The fraction of sp³-hybridized carbons (Fsp3) is 0.111. The van der Waals surface area contributed by atoms with E-state index < -0.39 is 19.6 Å². The van der Waals surface area contributed by atoms with Gasteiger partial charge in [0, 0.05) is 33.7 Å². The van der Waals surface area contributed by atoms with E-state index in [4.69, 9.17) is 2.74 Å². The quantitative estimate of drug-likeness (QED) is 0.123. The first kappa shape index (κ1) is 33.9. The molecule has 1 radical (unpaired) electrons. The van der Waals surface area contributed by atoms with Crippen LogP contribution < -0.4 is 4.40 Å². The number of hydrogen-bond acceptors (Lipinski definition) is 3. The van der Waals surface area contributed by atoms with E-state index in [-0.39, 0.29) is 25.9 Å². The molecule has 0 bridgehead atoms. The first-order valence-corrected chi connectivity index (χ1v) is 24.8. The molecule has 0 aliphatic carbocycles. The zero-order valence-electron chi connectivity index (χ0n) is 30.8. The monoisotopic (exact) mass is 925 g/mol. The number of hydrogen-bond donors (Lipinski definition) is 0. The minimum absolute atomic E-state index is 0. The van der Waals surface area contributed by atoms with Crippen LogP contribution in [0.15, 0.2) is 140 Å². The Morgan fingerprint density at radius 1 is 0.784 bits per heavy atom. The Hall–Kier alpha value is -4.26. The van der Waals surface area contributed by atoms with Gasteiger partial charge in [-0.15, -0.1) is 17.7 Å². The fourth-order valence-corrected chi connectivity index (χ4v) is 11.0. The van der Waals surface area contributed by atoms with E-state index in [2.05, 4.69) is 95.0 Å². The molecule has 0 spiro atoms. The molecule has 6 heteroatoms. The van der Waals surface area contributed by atoms with Gasteiger partial charge >= 0.3 is 106 Å². The molecule has 0 fully saturated rings. The minimum atomic E-state index is -1.80. The average molecular weight is 924 g/mol. The van der Waals surface area contributed by atoms with Gasteiger partial charge in [-0.05, 0) is 57.5 Å². The predicted octanol–water partition coefficient (Wildman–Crippen LogP) is 11.7. The summed E-state index contributed by atoms with van der Waals surface area (Å²) in [6.07, 6.45) is 1.91. The Labute approximate surface area is 323 Å². The molecule has 0 saturated carbocycles. The van der Waals surface area contributed by atoms with E-state index in [1.165, 1.54) is 44.3 Å². The van der Waals surface area contributed by atoms with Crippen molar-refractivity contribution in [3.8, 4) is 33.6 Å². The van der Waals surface area contributed by atoms with E-state index in [0.717, 1.165) is 38.0 Å². The Morgan fingerprint density at radius 3 is 2.25 bits per heavy atom. The summed E-state index contributed by atoms with van der Waals surface area (Å²) in [4.78, 5) is 9.19. The van der Waals surface area contributed by atoms with Crippen LogP contribution in [0, 0.1) is 24.9 Å². The molecular weight excluding hydrogens is 884 g/mol. The molecule has 0 atom stereocenters. The van der Waals surface area contributed by atoms with Gasteiger partial charge in [-0.2, -0.15) is 11.3 Å². The second-order valence-electron chi connectivity index (χ2n) is 13.2. The molecule has 51 heavy (non-hydrogen) atoms. The zero-order chi connectivity index (χ0) is 36.5. The number of aromatic nitrogens is 2. The predicted molar refractivity (Wildman–Crippen MR) is 212 cm³/mol. The van der Waals surface area contributed by atoms with Crippen LogP contribution in [0.4, 0.5) is 4.39 Å². The Morgan fingerprint density at radius 2 is 1.53 bits per heavy atom. The number of pyridine rings is 2. The largest absolute Gasteiger partial charge is 0.305 e. The molecule has 0 unspecified atom stereocenters. The van der Waals surface area contributed by atoms with Crippen LogP contribution >= 0.6 is 11.3 Å². The second kappa shape index (κ2) is 16.0. The van der Waals surface area contributed by atoms with E-state index in [1.807, 2.05) is 48.5 Å². The molecule has 2 nitrogen and oxygen atoms in total. The van der Waals surface area contributed by atoms with Gasteiger partial charge < -0.3 is 4.98 Å². The molecule has 0 saturated heterocycles. The summed E-state index contributed by atoms with van der Waals surface area (Å²) in [6.45, 7) is 2.19. The van der Waals surface area contributed by atoms with Crippen molar-refractivity contribution in [3.05, 3.63) is 174 Å². The van der Waals surface area contributed by atoms with E-state index in [0.29, 0.717) is 16.8 Å². The summed E-state index contributed by atoms with van der Waals surface area (Å²) >= 11 is -0.0760. The van der Waals surface area contributed by atoms with Crippen LogP contribution in [0.5, 0.6) is 0 Å². The van der Waals surface area contributed by atoms with Crippen LogP contribution in [0.1, 0.15) is 19.4 Å². The third-order valence-electron chi connectivity index (χ3n) is 8.59. The topological polar surface area (TPSA) is 25.8 Å². The molecule has 5 aromatic carbocycles. The molecule has 3 heterocycles. The van der Waals surface area contributed by atoms with Crippen molar-refractivity contribution >= 4 is 49.2 Å². The summed E-state index contributed by atoms with van der Waals surface area (Å²) in [5.41, 5.74) is 8.07. The van der Waals surface area contributed by atoms with Gasteiger partial charge in [0.25, 0.3) is 0 Å². The Balaban J connectivity index is 0.000000226. The van der Waals surface area contributed by atoms with Gasteiger partial charge in [0.1, 0.15) is 5.82 Å². The van der Waals surface area contributed by atoms with Crippen molar-refractivity contribution in [2.24, 2.45) is 0 Å². The molecule has 255 valence electrons. The first-order valence-electron chi connectivity index (χ1n) is 17.6. The Kier molecular flexibility index (Phi) is 10.6. The van der Waals surface area contributed by atoms with Crippen molar-refractivity contribution in [2.75, 3.05) is 0 Å². The third kappa shape index (κ3) is 8.29. The van der Waals surface area contributed by atoms with Gasteiger partial charge in [-0.25, -0.2) is 4.39 Å². The van der Waals surface area contributed by atoms with Gasteiger partial charge in [0.05, 0.1) is 0 Å². The van der Waals surface area contributed by atoms with Crippen LogP contribution in [-0.4, -0.2) is 23.2 Å². The maximum atomic E-state index is 13.4. The number of thiophene rings is 1. The van der Waals surface area contributed by atoms with Crippen LogP contribution in [0.3, 0.4) is 0 Å². The normalized spacial score (nSPS) is 12.0. The molecule has 0 aliphatic heterocycles. The van der Waals surface area contributed by atoms with E-state index in [1.54, 1.807) is 29.7 Å². The van der Waals surface area contributed by atoms with Crippen molar-refractivity contribution in [1.82, 2.24) is 9.97 Å². The summed E-state index contributed by atoms with van der Waals surface area (Å²) in [5.74, 6) is 6.81. The van der Waals surface area contributed by atoms with Gasteiger partial charge in [-0.3, -0.25) is 0 Å². The third-order valence-corrected chi connectivity index (χ3v) is 14.3. The van der Waals surface area contributed by atoms with Gasteiger partial charge in [-0.1, -0.05) is 83.2 Å². The van der Waals surface area contributed by atoms with E-state index >= 15 is 0 Å². The first-order chi connectivity index (χ1) is 25.0. The van der Waals surface area contributed by atoms with Crippen molar-refractivity contribution in [1.29, 1.82) is 0 Å². The van der Waals surface area contributed by atoms with Crippen molar-refractivity contribution < 1.29 is 27.2 Å². The Bertz CT molecular complexity index is 2500. The number of benzene rings is 5. The van der Waals surface area contributed by atoms with Gasteiger partial charge in [0.15, 0.2) is 0 Å². The standard InChI is InChI=1S/C30H19FNS.C15H18GeN.Ir/c31-23-12-10-20(11-13-23)18-21-16-17-32-27(19-21)25-15-14-24(22-6-2-1-3-7-22)29-26-8-4-5-9-28(26)33-30(25)29;1-12-10-15(13-8-6-5-7-9-13)17-11-14(12)16(2,3)4;/h1-14,16-17,19H,18H2;5-8,10-11H,1-4H3;/q2*-1;/i18D2;;. The smallest absolute Gasteiger partial charge is 0.123 e. The maximum Gasteiger partial charge on any atom is 0.123 e. The minimum Gasteiger partial charge on any atom is -0.305 e.